The van der Waals surface area contributed by atoms with Gasteiger partial charge in [-0.1, -0.05) is 42.8 Å². The summed E-state index contributed by atoms with van der Waals surface area (Å²) in [5, 5.41) is 18.6. The highest BCUT2D eigenvalue weighted by atomic mass is 32.1. The Morgan fingerprint density at radius 1 is 1.24 bits per heavy atom. The van der Waals surface area contributed by atoms with Crippen molar-refractivity contribution in [3.05, 3.63) is 79.7 Å². The van der Waals surface area contributed by atoms with Crippen molar-refractivity contribution in [1.29, 1.82) is 5.26 Å². The second kappa shape index (κ2) is 8.41. The number of nitrogens with zero attached hydrogens (tertiary/aromatic N) is 5. The summed E-state index contributed by atoms with van der Waals surface area (Å²) in [6.07, 6.45) is 7.65. The van der Waals surface area contributed by atoms with E-state index in [0.717, 1.165) is 43.6 Å². The van der Waals surface area contributed by atoms with Gasteiger partial charge in [0.25, 0.3) is 5.56 Å². The van der Waals surface area contributed by atoms with Gasteiger partial charge in [-0.15, -0.1) is 28.1 Å². The Hall–Kier alpha value is -3.24. The molecule has 3 heterocycles. The van der Waals surface area contributed by atoms with Crippen molar-refractivity contribution in [2.75, 3.05) is 0 Å². The molecule has 0 unspecified atom stereocenters. The van der Waals surface area contributed by atoms with Gasteiger partial charge >= 0.3 is 0 Å². The molecule has 0 saturated heterocycles. The minimum Gasteiger partial charge on any atom is -0.310 e. The summed E-state index contributed by atoms with van der Waals surface area (Å²) < 4.78 is 4.81. The van der Waals surface area contributed by atoms with Crippen LogP contribution < -0.4 is 14.8 Å². The fourth-order valence-corrected chi connectivity index (χ4v) is 4.67. The van der Waals surface area contributed by atoms with Crippen molar-refractivity contribution in [2.24, 2.45) is 0 Å². The van der Waals surface area contributed by atoms with Gasteiger partial charge in [-0.25, -0.2) is 0 Å². The smallest absolute Gasteiger partial charge is 0.269 e. The molecule has 3 aromatic rings. The molecule has 29 heavy (non-hydrogen) atoms. The van der Waals surface area contributed by atoms with Gasteiger partial charge in [0.15, 0.2) is 5.82 Å². The van der Waals surface area contributed by atoms with Crippen LogP contribution in [-0.4, -0.2) is 19.3 Å². The molecule has 6 nitrogen and oxygen atoms in total. The van der Waals surface area contributed by atoms with Crippen LogP contribution in [0.2, 0.25) is 0 Å². The maximum Gasteiger partial charge on any atom is 0.269 e. The van der Waals surface area contributed by atoms with E-state index in [4.69, 9.17) is 0 Å². The zero-order valence-electron chi connectivity index (χ0n) is 16.0. The third-order valence-electron chi connectivity index (χ3n) is 4.98. The normalized spacial score (nSPS) is 15.3. The van der Waals surface area contributed by atoms with Gasteiger partial charge in [0.05, 0.1) is 4.53 Å². The van der Waals surface area contributed by atoms with E-state index in [2.05, 4.69) is 22.8 Å². The maximum atomic E-state index is 13.0. The number of aromatic nitrogens is 4. The van der Waals surface area contributed by atoms with Crippen LogP contribution in [0.4, 0.5) is 0 Å². The molecule has 7 heteroatoms. The molecule has 146 valence electrons. The van der Waals surface area contributed by atoms with Crippen LogP contribution in [0.5, 0.6) is 0 Å². The topological polar surface area (TPSA) is 76.5 Å². The van der Waals surface area contributed by atoms with Gasteiger partial charge in [-0.3, -0.25) is 9.36 Å². The zero-order valence-corrected chi connectivity index (χ0v) is 16.9. The zero-order chi connectivity index (χ0) is 20.2. The second-order valence-electron chi connectivity index (χ2n) is 6.92. The van der Waals surface area contributed by atoms with Crippen LogP contribution >= 0.6 is 11.3 Å². The molecule has 4 rings (SSSR count). The summed E-state index contributed by atoms with van der Waals surface area (Å²) in [6, 6.07) is 12.0. The van der Waals surface area contributed by atoms with Crippen molar-refractivity contribution in [2.45, 2.75) is 38.8 Å². The monoisotopic (exact) mass is 403 g/mol. The molecule has 0 fully saturated rings. The van der Waals surface area contributed by atoms with E-state index in [1.165, 1.54) is 11.3 Å². The lowest BCUT2D eigenvalue weighted by atomic mass is 10.2. The van der Waals surface area contributed by atoms with Gasteiger partial charge in [-0.05, 0) is 24.5 Å². The number of hydrogen-bond acceptors (Lipinski definition) is 5. The summed E-state index contributed by atoms with van der Waals surface area (Å²) in [4.78, 5) is 13.0. The fourth-order valence-electron chi connectivity index (χ4n) is 3.56. The first-order valence-corrected chi connectivity index (χ1v) is 10.5. The molecule has 0 amide bonds. The quantitative estimate of drug-likeness (QED) is 0.624. The maximum absolute atomic E-state index is 13.0. The van der Waals surface area contributed by atoms with Crippen molar-refractivity contribution in [3.8, 4) is 6.07 Å². The molecule has 1 aromatic carbocycles. The third kappa shape index (κ3) is 3.71. The number of benzene rings is 1. The van der Waals surface area contributed by atoms with Crippen molar-refractivity contribution < 1.29 is 0 Å². The van der Waals surface area contributed by atoms with Crippen LogP contribution in [0, 0.1) is 11.3 Å². The molecule has 0 aliphatic carbocycles. The largest absolute Gasteiger partial charge is 0.310 e. The molecule has 1 aliphatic heterocycles. The van der Waals surface area contributed by atoms with Crippen molar-refractivity contribution in [1.82, 2.24) is 19.3 Å². The van der Waals surface area contributed by atoms with Gasteiger partial charge in [-0.2, -0.15) is 5.26 Å². The first-order chi connectivity index (χ1) is 14.2. The minimum atomic E-state index is -0.128. The molecule has 0 saturated carbocycles. The molecule has 0 bridgehead atoms. The van der Waals surface area contributed by atoms with Gasteiger partial charge in [0.1, 0.15) is 22.1 Å². The number of hydrogen-bond donors (Lipinski definition) is 0. The summed E-state index contributed by atoms with van der Waals surface area (Å²) >= 11 is 1.31. The molecule has 0 spiro atoms. The number of aryl methyl sites for hydroxylation is 1. The molecule has 2 aromatic heterocycles. The highest BCUT2D eigenvalue weighted by Gasteiger charge is 2.20. The highest BCUT2D eigenvalue weighted by molar-refractivity contribution is 7.07. The van der Waals surface area contributed by atoms with Gasteiger partial charge in [0, 0.05) is 19.5 Å². The Labute approximate surface area is 172 Å². The lowest BCUT2D eigenvalue weighted by Crippen LogP contribution is -2.32. The number of nitriles is 1. The Morgan fingerprint density at radius 3 is 2.83 bits per heavy atom. The van der Waals surface area contributed by atoms with E-state index in [-0.39, 0.29) is 5.56 Å². The number of allylic oxidation sites excluding steroid dienone is 1. The van der Waals surface area contributed by atoms with Crippen LogP contribution in [-0.2, 0) is 19.5 Å². The van der Waals surface area contributed by atoms with E-state index in [1.807, 2.05) is 41.0 Å². The average molecular weight is 404 g/mol. The standard InChI is InChI=1S/C22H21N5OS/c1-2-12-27-21(28)18(14-16-9-5-3-6-10-16)29-22(27)17(15-23)20-25-24-19-11-7-4-8-13-26(19)20/h2-3,5-6,9-10,14H,1,4,7-8,11-13H2/b18-14-,22-17-. The van der Waals surface area contributed by atoms with Crippen LogP contribution in [0.3, 0.4) is 0 Å². The predicted molar refractivity (Wildman–Crippen MR) is 114 cm³/mol. The van der Waals surface area contributed by atoms with E-state index in [1.54, 1.807) is 10.6 Å². The molecular formula is C22H21N5OS. The van der Waals surface area contributed by atoms with E-state index in [9.17, 15) is 10.1 Å². The average Bonchev–Trinajstić information content (AvgIpc) is 3.16. The molecular weight excluding hydrogens is 382 g/mol. The van der Waals surface area contributed by atoms with Gasteiger partial charge in [0.2, 0.25) is 0 Å². The molecule has 0 N–H and O–H groups in total. The Balaban J connectivity index is 1.99. The van der Waals surface area contributed by atoms with E-state index < -0.39 is 0 Å². The lowest BCUT2D eigenvalue weighted by Gasteiger charge is -2.06. The second-order valence-corrected chi connectivity index (χ2v) is 7.95. The Morgan fingerprint density at radius 2 is 2.07 bits per heavy atom. The Kier molecular flexibility index (Phi) is 5.54. The number of thiazole rings is 1. The fraction of sp³-hybridized carbons (Fsp3) is 0.273. The van der Waals surface area contributed by atoms with E-state index >= 15 is 0 Å². The van der Waals surface area contributed by atoms with Crippen LogP contribution in [0.25, 0.3) is 11.6 Å². The predicted octanol–water partition coefficient (Wildman–Crippen LogP) is 1.97. The number of fused-ring (bicyclic) bond motifs is 1. The van der Waals surface area contributed by atoms with Crippen molar-refractivity contribution >= 4 is 23.0 Å². The molecule has 0 atom stereocenters. The summed E-state index contributed by atoms with van der Waals surface area (Å²) in [7, 11) is 0. The van der Waals surface area contributed by atoms with Crippen molar-refractivity contribution in [3.63, 3.8) is 0 Å². The summed E-state index contributed by atoms with van der Waals surface area (Å²) in [6.45, 7) is 4.90. The molecule has 0 radical (unpaired) electrons. The van der Waals surface area contributed by atoms with Crippen LogP contribution in [0.15, 0.2) is 47.8 Å². The first kappa shape index (κ1) is 19.1. The highest BCUT2D eigenvalue weighted by Crippen LogP contribution is 2.18. The minimum absolute atomic E-state index is 0.128. The number of rotatable bonds is 4. The third-order valence-corrected chi connectivity index (χ3v) is 6.11. The lowest BCUT2D eigenvalue weighted by molar-refractivity contribution is 0.626. The molecule has 1 aliphatic rings. The van der Waals surface area contributed by atoms with Gasteiger partial charge < -0.3 is 4.57 Å². The van der Waals surface area contributed by atoms with E-state index in [0.29, 0.717) is 27.1 Å². The SMILES string of the molecule is C=CCn1c(=O)/c(=C/c2ccccc2)s/c1=C(/C#N)c1nnc2n1CCCCC2. The van der Waals surface area contributed by atoms with Crippen LogP contribution in [0.1, 0.15) is 36.5 Å². The summed E-state index contributed by atoms with van der Waals surface area (Å²) in [5.41, 5.74) is 1.21. The first-order valence-electron chi connectivity index (χ1n) is 9.67. The summed E-state index contributed by atoms with van der Waals surface area (Å²) in [5.74, 6) is 1.46. The Bertz CT molecular complexity index is 1260.